The number of hydrogen-bond acceptors (Lipinski definition) is 4. The predicted octanol–water partition coefficient (Wildman–Crippen LogP) is 3.70. The highest BCUT2D eigenvalue weighted by atomic mass is 19.3. The molecule has 27 heavy (non-hydrogen) atoms. The summed E-state index contributed by atoms with van der Waals surface area (Å²) in [5.74, 6) is -1.35. The number of rotatable bonds is 9. The summed E-state index contributed by atoms with van der Waals surface area (Å²) in [6.45, 7) is -2.66. The summed E-state index contributed by atoms with van der Waals surface area (Å²) in [6.07, 6.45) is 0.538. The van der Waals surface area contributed by atoms with Crippen LogP contribution in [0.3, 0.4) is 0 Å². The van der Waals surface area contributed by atoms with Crippen molar-refractivity contribution in [3.8, 4) is 5.75 Å². The molecule has 0 unspecified atom stereocenters. The number of carbonyl (C=O) groups is 2. The number of ether oxygens (including phenoxy) is 2. The fraction of sp³-hybridized carbons (Fsp3) is 0.263. The lowest BCUT2D eigenvalue weighted by atomic mass is 10.1. The first-order chi connectivity index (χ1) is 12.9. The molecule has 0 aliphatic rings. The molecular weight excluding hydrogens is 360 g/mol. The van der Waals surface area contributed by atoms with E-state index in [2.05, 4.69) is 10.1 Å². The van der Waals surface area contributed by atoms with Crippen LogP contribution in [0.15, 0.2) is 42.5 Å². The molecule has 0 aliphatic carbocycles. The molecule has 0 atom stereocenters. The van der Waals surface area contributed by atoms with Gasteiger partial charge in [0.25, 0.3) is 0 Å². The summed E-state index contributed by atoms with van der Waals surface area (Å²) in [4.78, 5) is 23.3. The lowest BCUT2D eigenvalue weighted by Crippen LogP contribution is -2.13. The van der Waals surface area contributed by atoms with E-state index in [0.717, 1.165) is 5.56 Å². The Morgan fingerprint density at radius 2 is 1.81 bits per heavy atom. The summed E-state index contributed by atoms with van der Waals surface area (Å²) in [6, 6.07) is 10.5. The van der Waals surface area contributed by atoms with Crippen LogP contribution in [0.4, 0.5) is 14.5 Å². The maximum atomic E-state index is 12.1. The van der Waals surface area contributed by atoms with Crippen LogP contribution in [0, 0.1) is 0 Å². The maximum Gasteiger partial charge on any atom is 0.387 e. The second kappa shape index (κ2) is 9.63. The second-order valence-electron chi connectivity index (χ2n) is 5.73. The van der Waals surface area contributed by atoms with Crippen molar-refractivity contribution in [2.75, 3.05) is 12.4 Å². The van der Waals surface area contributed by atoms with E-state index in [4.69, 9.17) is 9.84 Å². The van der Waals surface area contributed by atoms with Crippen molar-refractivity contribution < 1.29 is 33.0 Å². The molecule has 0 spiro atoms. The largest absolute Gasteiger partial charge is 0.478 e. The maximum absolute atomic E-state index is 12.1. The minimum Gasteiger partial charge on any atom is -0.478 e. The van der Waals surface area contributed by atoms with Crippen molar-refractivity contribution in [1.82, 2.24) is 0 Å². The van der Waals surface area contributed by atoms with E-state index in [1.54, 1.807) is 18.2 Å². The molecule has 0 heterocycles. The number of nitrogens with one attached hydrogen (secondary N) is 1. The molecule has 0 aromatic heterocycles. The smallest absolute Gasteiger partial charge is 0.387 e. The molecule has 2 rings (SSSR count). The Morgan fingerprint density at radius 1 is 1.11 bits per heavy atom. The number of halogens is 2. The van der Waals surface area contributed by atoms with Gasteiger partial charge in [0, 0.05) is 19.2 Å². The van der Waals surface area contributed by atoms with Crippen molar-refractivity contribution in [2.24, 2.45) is 0 Å². The van der Waals surface area contributed by atoms with Crippen LogP contribution in [0.1, 0.15) is 27.9 Å². The lowest BCUT2D eigenvalue weighted by molar-refractivity contribution is -0.116. The number of anilines is 1. The third-order valence-corrected chi connectivity index (χ3v) is 3.62. The van der Waals surface area contributed by atoms with Gasteiger partial charge in [0.05, 0.1) is 12.2 Å². The van der Waals surface area contributed by atoms with E-state index in [-0.39, 0.29) is 30.2 Å². The highest BCUT2D eigenvalue weighted by Gasteiger charge is 2.10. The normalized spacial score (nSPS) is 10.7. The molecular formula is C19H19F2NO5. The Labute approximate surface area is 154 Å². The Bertz CT molecular complexity index is 793. The molecule has 0 bridgehead atoms. The predicted molar refractivity (Wildman–Crippen MR) is 94.1 cm³/mol. The Hall–Kier alpha value is -3.00. The van der Waals surface area contributed by atoms with Crippen molar-refractivity contribution in [3.63, 3.8) is 0 Å². The van der Waals surface area contributed by atoms with Crippen LogP contribution in [0.2, 0.25) is 0 Å². The zero-order chi connectivity index (χ0) is 19.8. The topological polar surface area (TPSA) is 84.9 Å². The van der Waals surface area contributed by atoms with E-state index in [9.17, 15) is 18.4 Å². The van der Waals surface area contributed by atoms with Crippen molar-refractivity contribution in [2.45, 2.75) is 26.1 Å². The van der Waals surface area contributed by atoms with Crippen LogP contribution in [-0.2, 0) is 22.6 Å². The molecule has 0 radical (unpaired) electrons. The molecule has 0 saturated heterocycles. The molecule has 1 amide bonds. The van der Waals surface area contributed by atoms with Gasteiger partial charge in [-0.3, -0.25) is 4.79 Å². The summed E-state index contributed by atoms with van der Waals surface area (Å²) >= 11 is 0. The van der Waals surface area contributed by atoms with Crippen LogP contribution in [-0.4, -0.2) is 30.7 Å². The molecule has 0 saturated carbocycles. The number of carboxylic acids is 1. The molecule has 6 nitrogen and oxygen atoms in total. The average molecular weight is 379 g/mol. The number of aromatic carboxylic acids is 1. The summed E-state index contributed by atoms with van der Waals surface area (Å²) in [5.41, 5.74) is 1.83. The van der Waals surface area contributed by atoms with E-state index in [0.29, 0.717) is 17.7 Å². The minimum absolute atomic E-state index is 0.0503. The standard InChI is InChI=1S/C19H19F2NO5/c1-26-11-13-8-14(18(24)25)10-15(9-13)22-17(23)7-4-12-2-5-16(6-3-12)27-19(20)21/h2-3,5-6,8-10,19H,4,7,11H2,1H3,(H,22,23)(H,24,25). The van der Waals surface area contributed by atoms with Gasteiger partial charge in [0.15, 0.2) is 0 Å². The lowest BCUT2D eigenvalue weighted by Gasteiger charge is -2.10. The number of amides is 1. The highest BCUT2D eigenvalue weighted by molar-refractivity contribution is 5.94. The number of carboxylic acid groups (broad SMARTS) is 1. The van der Waals surface area contributed by atoms with Gasteiger partial charge >= 0.3 is 12.6 Å². The van der Waals surface area contributed by atoms with Crippen molar-refractivity contribution in [1.29, 1.82) is 0 Å². The van der Waals surface area contributed by atoms with Crippen molar-refractivity contribution in [3.05, 3.63) is 59.2 Å². The van der Waals surface area contributed by atoms with Gasteiger partial charge in [-0.15, -0.1) is 0 Å². The van der Waals surface area contributed by atoms with Gasteiger partial charge in [0.1, 0.15) is 5.75 Å². The SMILES string of the molecule is COCc1cc(NC(=O)CCc2ccc(OC(F)F)cc2)cc(C(=O)O)c1. The second-order valence-corrected chi connectivity index (χ2v) is 5.73. The highest BCUT2D eigenvalue weighted by Crippen LogP contribution is 2.18. The Kier molecular flexibility index (Phi) is 7.25. The quantitative estimate of drug-likeness (QED) is 0.694. The molecule has 2 aromatic carbocycles. The zero-order valence-corrected chi connectivity index (χ0v) is 14.6. The van der Waals surface area contributed by atoms with Gasteiger partial charge in [-0.2, -0.15) is 8.78 Å². The van der Waals surface area contributed by atoms with Crippen LogP contribution < -0.4 is 10.1 Å². The van der Waals surface area contributed by atoms with E-state index in [1.807, 2.05) is 0 Å². The molecule has 8 heteroatoms. The number of aryl methyl sites for hydroxylation is 1. The van der Waals surface area contributed by atoms with Crippen LogP contribution in [0.5, 0.6) is 5.75 Å². The van der Waals surface area contributed by atoms with Gasteiger partial charge in [-0.1, -0.05) is 12.1 Å². The summed E-state index contributed by atoms with van der Waals surface area (Å²) in [5, 5.41) is 11.8. The Morgan fingerprint density at radius 3 is 2.41 bits per heavy atom. The van der Waals surface area contributed by atoms with E-state index < -0.39 is 12.6 Å². The first-order valence-corrected chi connectivity index (χ1v) is 8.07. The summed E-state index contributed by atoms with van der Waals surface area (Å²) < 4.78 is 33.5. The Balaban J connectivity index is 1.96. The van der Waals surface area contributed by atoms with Gasteiger partial charge in [0.2, 0.25) is 5.91 Å². The number of alkyl halides is 2. The minimum atomic E-state index is -2.88. The molecule has 144 valence electrons. The van der Waals surface area contributed by atoms with Crippen molar-refractivity contribution >= 4 is 17.6 Å². The van der Waals surface area contributed by atoms with Crippen LogP contribution >= 0.6 is 0 Å². The molecule has 0 aliphatic heterocycles. The fourth-order valence-electron chi connectivity index (χ4n) is 2.46. The number of carbonyl (C=O) groups excluding carboxylic acids is 1. The summed E-state index contributed by atoms with van der Waals surface area (Å²) in [7, 11) is 1.49. The molecule has 2 N–H and O–H groups in total. The monoisotopic (exact) mass is 379 g/mol. The number of methoxy groups -OCH3 is 1. The van der Waals surface area contributed by atoms with E-state index in [1.165, 1.54) is 31.4 Å². The average Bonchev–Trinajstić information content (AvgIpc) is 2.60. The third-order valence-electron chi connectivity index (χ3n) is 3.62. The third kappa shape index (κ3) is 6.67. The van der Waals surface area contributed by atoms with Gasteiger partial charge < -0.3 is 19.9 Å². The number of benzene rings is 2. The first-order valence-electron chi connectivity index (χ1n) is 8.07. The van der Waals surface area contributed by atoms with E-state index >= 15 is 0 Å². The zero-order valence-electron chi connectivity index (χ0n) is 14.6. The molecule has 2 aromatic rings. The fourth-order valence-corrected chi connectivity index (χ4v) is 2.46. The van der Waals surface area contributed by atoms with Gasteiger partial charge in [-0.05, 0) is 47.9 Å². The number of hydrogen-bond donors (Lipinski definition) is 2. The first kappa shape index (κ1) is 20.3. The van der Waals surface area contributed by atoms with Crippen LogP contribution in [0.25, 0.3) is 0 Å². The van der Waals surface area contributed by atoms with Gasteiger partial charge in [-0.25, -0.2) is 4.79 Å². The molecule has 0 fully saturated rings.